The monoisotopic (exact) mass is 377 g/mol. The molecule has 1 atom stereocenters. The van der Waals surface area contributed by atoms with Gasteiger partial charge in [-0.15, -0.1) is 0 Å². The lowest BCUT2D eigenvalue weighted by molar-refractivity contribution is 0.0904. The van der Waals surface area contributed by atoms with Gasteiger partial charge in [0.25, 0.3) is 0 Å². The maximum absolute atomic E-state index is 13.0. The zero-order chi connectivity index (χ0) is 19.2. The number of phenols is 1. The number of phenolic OH excluding ortho intramolecular Hbond substituents is 1. The maximum Gasteiger partial charge on any atom is 0.217 e. The summed E-state index contributed by atoms with van der Waals surface area (Å²) in [5.41, 5.74) is 1.47. The Morgan fingerprint density at radius 1 is 1.00 bits per heavy atom. The van der Waals surface area contributed by atoms with Crippen LogP contribution in [-0.4, -0.2) is 36.3 Å². The van der Waals surface area contributed by atoms with Gasteiger partial charge >= 0.3 is 0 Å². The Kier molecular flexibility index (Phi) is 7.20. The molecule has 6 heteroatoms. The van der Waals surface area contributed by atoms with E-state index in [-0.39, 0.29) is 36.8 Å². The van der Waals surface area contributed by atoms with E-state index in [2.05, 4.69) is 0 Å². The summed E-state index contributed by atoms with van der Waals surface area (Å²) in [7, 11) is -3.58. The van der Waals surface area contributed by atoms with Crippen molar-refractivity contribution in [3.8, 4) is 5.75 Å². The summed E-state index contributed by atoms with van der Waals surface area (Å²) in [6.07, 6.45) is -0.0247. The molecule has 2 aromatic rings. The third-order valence-electron chi connectivity index (χ3n) is 4.18. The molecule has 2 aromatic carbocycles. The number of para-hydroxylation sites is 1. The molecule has 0 saturated heterocycles. The van der Waals surface area contributed by atoms with Gasteiger partial charge in [-0.25, -0.2) is 8.42 Å². The molecule has 0 fully saturated rings. The van der Waals surface area contributed by atoms with E-state index in [1.807, 2.05) is 51.1 Å². The first-order chi connectivity index (χ1) is 12.3. The van der Waals surface area contributed by atoms with Gasteiger partial charge in [-0.05, 0) is 32.4 Å². The van der Waals surface area contributed by atoms with E-state index in [0.29, 0.717) is 5.56 Å². The van der Waals surface area contributed by atoms with E-state index >= 15 is 0 Å². The Bertz CT molecular complexity index is 790. The lowest BCUT2D eigenvalue weighted by Gasteiger charge is -2.29. The van der Waals surface area contributed by atoms with Gasteiger partial charge in [-0.3, -0.25) is 0 Å². The highest BCUT2D eigenvalue weighted by molar-refractivity contribution is 7.89. The number of benzene rings is 2. The summed E-state index contributed by atoms with van der Waals surface area (Å²) in [5.74, 6) is -0.0120. The highest BCUT2D eigenvalue weighted by atomic mass is 32.2. The van der Waals surface area contributed by atoms with Crippen LogP contribution in [0.3, 0.4) is 0 Å². The van der Waals surface area contributed by atoms with Gasteiger partial charge < -0.3 is 9.84 Å². The first-order valence-corrected chi connectivity index (χ1v) is 10.3. The molecule has 0 heterocycles. The van der Waals surface area contributed by atoms with Crippen molar-refractivity contribution in [3.63, 3.8) is 0 Å². The molecule has 0 spiro atoms. The molecule has 2 rings (SSSR count). The van der Waals surface area contributed by atoms with Crippen LogP contribution in [-0.2, 0) is 21.3 Å². The molecule has 26 heavy (non-hydrogen) atoms. The lowest BCUT2D eigenvalue weighted by atomic mass is 10.1. The smallest absolute Gasteiger partial charge is 0.217 e. The normalized spacial score (nSPS) is 13.3. The van der Waals surface area contributed by atoms with Gasteiger partial charge in [0.2, 0.25) is 10.0 Å². The minimum Gasteiger partial charge on any atom is -0.508 e. The van der Waals surface area contributed by atoms with Crippen molar-refractivity contribution in [2.75, 3.05) is 12.4 Å². The molecule has 142 valence electrons. The molecule has 0 saturated carbocycles. The summed E-state index contributed by atoms with van der Waals surface area (Å²) < 4.78 is 32.9. The van der Waals surface area contributed by atoms with Crippen molar-refractivity contribution in [1.82, 2.24) is 4.31 Å². The van der Waals surface area contributed by atoms with Crippen LogP contribution in [0.1, 0.15) is 37.9 Å². The Balaban J connectivity index is 2.30. The van der Waals surface area contributed by atoms with Gasteiger partial charge in [-0.2, -0.15) is 4.31 Å². The average molecular weight is 378 g/mol. The van der Waals surface area contributed by atoms with Crippen LogP contribution in [0, 0.1) is 0 Å². The molecule has 5 nitrogen and oxygen atoms in total. The van der Waals surface area contributed by atoms with Gasteiger partial charge in [0.05, 0.1) is 18.5 Å². The van der Waals surface area contributed by atoms with E-state index in [1.54, 1.807) is 24.3 Å². The molecule has 0 unspecified atom stereocenters. The van der Waals surface area contributed by atoms with Crippen molar-refractivity contribution in [2.45, 2.75) is 39.5 Å². The average Bonchev–Trinajstić information content (AvgIpc) is 2.60. The van der Waals surface area contributed by atoms with E-state index in [9.17, 15) is 13.5 Å². The molecular weight excluding hydrogens is 350 g/mol. The van der Waals surface area contributed by atoms with Crippen LogP contribution < -0.4 is 0 Å². The fourth-order valence-electron chi connectivity index (χ4n) is 2.69. The second-order valence-electron chi connectivity index (χ2n) is 6.50. The van der Waals surface area contributed by atoms with Crippen molar-refractivity contribution in [3.05, 3.63) is 65.7 Å². The Hall–Kier alpha value is -1.89. The Labute approximate surface area is 156 Å². The Morgan fingerprint density at radius 3 is 2.23 bits per heavy atom. The number of aromatic hydroxyl groups is 1. The van der Waals surface area contributed by atoms with Gasteiger partial charge in [-0.1, -0.05) is 48.5 Å². The molecule has 0 radical (unpaired) electrons. The van der Waals surface area contributed by atoms with E-state index in [4.69, 9.17) is 4.74 Å². The standard InChI is InChI=1S/C20H27NO4S/c1-16(2)25-13-14-26(23,24)21(15-19-11-7-8-12-20(19)22)17(3)18-9-5-4-6-10-18/h4-12,16-17,22H,13-15H2,1-3H3/t17-/m0/s1. The number of ether oxygens (including phenoxy) is 1. The number of nitrogens with zero attached hydrogens (tertiary/aromatic N) is 1. The van der Waals surface area contributed by atoms with Crippen LogP contribution in [0.5, 0.6) is 5.75 Å². The van der Waals surface area contributed by atoms with Crippen LogP contribution in [0.25, 0.3) is 0 Å². The van der Waals surface area contributed by atoms with Crippen molar-refractivity contribution >= 4 is 10.0 Å². The van der Waals surface area contributed by atoms with Gasteiger partial charge in [0.15, 0.2) is 0 Å². The topological polar surface area (TPSA) is 66.8 Å². The van der Waals surface area contributed by atoms with E-state index in [0.717, 1.165) is 5.56 Å². The van der Waals surface area contributed by atoms with Crippen LogP contribution in [0.2, 0.25) is 0 Å². The number of hydrogen-bond acceptors (Lipinski definition) is 4. The predicted octanol–water partition coefficient (Wildman–Crippen LogP) is 3.71. The predicted molar refractivity (Wildman–Crippen MR) is 103 cm³/mol. The minimum absolute atomic E-state index is 0.0247. The molecule has 0 aliphatic carbocycles. The molecular formula is C20H27NO4S. The zero-order valence-corrected chi connectivity index (χ0v) is 16.3. The highest BCUT2D eigenvalue weighted by Crippen LogP contribution is 2.28. The quantitative estimate of drug-likeness (QED) is 0.723. The van der Waals surface area contributed by atoms with Crippen molar-refractivity contribution in [1.29, 1.82) is 0 Å². The summed E-state index contributed by atoms with van der Waals surface area (Å²) in [6.45, 7) is 5.85. The number of rotatable bonds is 9. The first kappa shape index (κ1) is 20.4. The minimum atomic E-state index is -3.58. The van der Waals surface area contributed by atoms with Crippen LogP contribution in [0.15, 0.2) is 54.6 Å². The van der Waals surface area contributed by atoms with E-state index < -0.39 is 10.0 Å². The third-order valence-corrected chi connectivity index (χ3v) is 6.02. The largest absolute Gasteiger partial charge is 0.508 e. The zero-order valence-electron chi connectivity index (χ0n) is 15.5. The summed E-state index contributed by atoms with van der Waals surface area (Å²) >= 11 is 0. The third kappa shape index (κ3) is 5.56. The summed E-state index contributed by atoms with van der Waals surface area (Å²) in [5, 5.41) is 10.1. The fourth-order valence-corrected chi connectivity index (χ4v) is 4.17. The van der Waals surface area contributed by atoms with E-state index in [1.165, 1.54) is 4.31 Å². The molecule has 0 aliphatic rings. The van der Waals surface area contributed by atoms with Crippen molar-refractivity contribution < 1.29 is 18.3 Å². The van der Waals surface area contributed by atoms with Crippen LogP contribution >= 0.6 is 0 Å². The van der Waals surface area contributed by atoms with Gasteiger partial charge in [0.1, 0.15) is 5.75 Å². The summed E-state index contributed by atoms with van der Waals surface area (Å²) in [6, 6.07) is 15.9. The van der Waals surface area contributed by atoms with Crippen LogP contribution in [0.4, 0.5) is 0 Å². The lowest BCUT2D eigenvalue weighted by Crippen LogP contribution is -2.36. The highest BCUT2D eigenvalue weighted by Gasteiger charge is 2.29. The number of hydrogen-bond donors (Lipinski definition) is 1. The molecule has 0 amide bonds. The second kappa shape index (κ2) is 9.16. The van der Waals surface area contributed by atoms with Gasteiger partial charge in [0, 0.05) is 18.2 Å². The Morgan fingerprint density at radius 2 is 1.62 bits per heavy atom. The maximum atomic E-state index is 13.0. The van der Waals surface area contributed by atoms with Crippen molar-refractivity contribution in [2.24, 2.45) is 0 Å². The molecule has 1 N–H and O–H groups in total. The fraction of sp³-hybridized carbons (Fsp3) is 0.400. The second-order valence-corrected chi connectivity index (χ2v) is 8.54. The first-order valence-electron chi connectivity index (χ1n) is 8.74. The molecule has 0 aliphatic heterocycles. The summed E-state index contributed by atoms with van der Waals surface area (Å²) in [4.78, 5) is 0. The SMILES string of the molecule is CC(C)OCCS(=O)(=O)N(Cc1ccccc1O)[C@@H](C)c1ccccc1. The number of sulfonamides is 1. The molecule has 0 bridgehead atoms. The molecule has 0 aromatic heterocycles.